The van der Waals surface area contributed by atoms with E-state index in [-0.39, 0.29) is 24.0 Å². The topological polar surface area (TPSA) is 113 Å². The molecule has 0 aliphatic carbocycles. The maximum atomic E-state index is 12.8. The van der Waals surface area contributed by atoms with Crippen molar-refractivity contribution in [3.05, 3.63) is 29.3 Å². The predicted octanol–water partition coefficient (Wildman–Crippen LogP) is -0.102. The fourth-order valence-electron chi connectivity index (χ4n) is 2.92. The molecule has 8 nitrogen and oxygen atoms in total. The summed E-state index contributed by atoms with van der Waals surface area (Å²) in [5, 5.41) is 12.3. The maximum Gasteiger partial charge on any atom is 0.330 e. The van der Waals surface area contributed by atoms with Gasteiger partial charge in [0.2, 0.25) is 11.8 Å². The molecule has 1 fully saturated rings. The third-order valence-corrected chi connectivity index (χ3v) is 5.43. The standard InChI is InChI=1S/C19H22BN2O6/c1-18(2,27)19(3,4)28-20-10-5-6-11-12(9-10)17(26)22(16(11)25)13-7-8-14(23)21-15(13)24/h5-6,9,13,27H,7-8H2,1-4H3,(H,21,23,24). The van der Waals surface area contributed by atoms with Crippen molar-refractivity contribution in [3.63, 3.8) is 0 Å². The highest BCUT2D eigenvalue weighted by molar-refractivity contribution is 6.47. The first-order chi connectivity index (χ1) is 12.9. The molecule has 4 amide bonds. The number of imide groups is 2. The predicted molar refractivity (Wildman–Crippen MR) is 100.0 cm³/mol. The third kappa shape index (κ3) is 3.47. The van der Waals surface area contributed by atoms with Crippen molar-refractivity contribution in [2.24, 2.45) is 0 Å². The van der Waals surface area contributed by atoms with Gasteiger partial charge in [0, 0.05) is 6.42 Å². The van der Waals surface area contributed by atoms with Gasteiger partial charge in [-0.3, -0.25) is 29.4 Å². The number of fused-ring (bicyclic) bond motifs is 1. The Morgan fingerprint density at radius 1 is 1.11 bits per heavy atom. The number of nitrogens with zero attached hydrogens (tertiary/aromatic N) is 1. The molecule has 28 heavy (non-hydrogen) atoms. The summed E-state index contributed by atoms with van der Waals surface area (Å²) in [6.07, 6.45) is 0.181. The van der Waals surface area contributed by atoms with Crippen LogP contribution >= 0.6 is 0 Å². The van der Waals surface area contributed by atoms with Gasteiger partial charge in [-0.25, -0.2) is 0 Å². The van der Waals surface area contributed by atoms with E-state index in [2.05, 4.69) is 5.32 Å². The van der Waals surface area contributed by atoms with Gasteiger partial charge in [-0.15, -0.1) is 0 Å². The summed E-state index contributed by atoms with van der Waals surface area (Å²) in [6.45, 7) is 6.72. The van der Waals surface area contributed by atoms with Crippen molar-refractivity contribution >= 4 is 36.6 Å². The van der Waals surface area contributed by atoms with Crippen LogP contribution in [0.1, 0.15) is 61.3 Å². The lowest BCUT2D eigenvalue weighted by Gasteiger charge is -2.37. The summed E-state index contributed by atoms with van der Waals surface area (Å²) in [7, 11) is 1.42. The van der Waals surface area contributed by atoms with Crippen molar-refractivity contribution in [1.82, 2.24) is 10.2 Å². The Bertz CT molecular complexity index is 874. The van der Waals surface area contributed by atoms with E-state index < -0.39 is 40.9 Å². The molecule has 2 heterocycles. The second-order valence-electron chi connectivity index (χ2n) is 8.06. The zero-order valence-electron chi connectivity index (χ0n) is 16.2. The molecule has 0 bridgehead atoms. The van der Waals surface area contributed by atoms with Gasteiger partial charge in [0.25, 0.3) is 11.8 Å². The molecule has 1 aromatic rings. The molecule has 1 radical (unpaired) electrons. The number of hydrogen-bond acceptors (Lipinski definition) is 6. The molecule has 1 atom stereocenters. The number of amides is 4. The number of carbonyl (C=O) groups excluding carboxylic acids is 4. The fraction of sp³-hybridized carbons (Fsp3) is 0.474. The van der Waals surface area contributed by atoms with Gasteiger partial charge < -0.3 is 9.76 Å². The molecule has 147 valence electrons. The number of carbonyl (C=O) groups is 4. The zero-order chi connectivity index (χ0) is 20.9. The smallest absolute Gasteiger partial charge is 0.330 e. The van der Waals surface area contributed by atoms with Crippen LogP contribution in [0, 0.1) is 0 Å². The molecule has 1 aromatic carbocycles. The number of rotatable bonds is 5. The van der Waals surface area contributed by atoms with Crippen LogP contribution in [-0.4, -0.2) is 58.4 Å². The van der Waals surface area contributed by atoms with Gasteiger partial charge in [-0.1, -0.05) is 17.6 Å². The summed E-state index contributed by atoms with van der Waals surface area (Å²) >= 11 is 0. The van der Waals surface area contributed by atoms with E-state index in [1.807, 2.05) is 0 Å². The van der Waals surface area contributed by atoms with Crippen LogP contribution < -0.4 is 10.8 Å². The average molecular weight is 385 g/mol. The monoisotopic (exact) mass is 385 g/mol. The molecule has 1 saturated heterocycles. The van der Waals surface area contributed by atoms with Crippen molar-refractivity contribution in [2.45, 2.75) is 57.8 Å². The number of benzene rings is 1. The average Bonchev–Trinajstić information content (AvgIpc) is 2.83. The quantitative estimate of drug-likeness (QED) is 0.541. The Kier molecular flexibility index (Phi) is 4.93. The molecule has 0 spiro atoms. The molecular formula is C19H22BN2O6. The largest absolute Gasteiger partial charge is 0.427 e. The first kappa shape index (κ1) is 20.2. The minimum atomic E-state index is -1.10. The van der Waals surface area contributed by atoms with Gasteiger partial charge in [0.05, 0.1) is 22.3 Å². The van der Waals surface area contributed by atoms with Gasteiger partial charge in [-0.2, -0.15) is 0 Å². The van der Waals surface area contributed by atoms with Crippen molar-refractivity contribution in [3.8, 4) is 0 Å². The van der Waals surface area contributed by atoms with Crippen molar-refractivity contribution in [2.75, 3.05) is 0 Å². The lowest BCUT2D eigenvalue weighted by molar-refractivity contribution is -0.136. The van der Waals surface area contributed by atoms with E-state index >= 15 is 0 Å². The Balaban J connectivity index is 1.80. The van der Waals surface area contributed by atoms with E-state index in [0.29, 0.717) is 5.46 Å². The SMILES string of the molecule is CC(C)(O)C(C)(C)O[B]c1ccc2c(c1)C(=O)N(C1CCC(=O)NC1=O)C2=O. The molecule has 0 saturated carbocycles. The van der Waals surface area contributed by atoms with Crippen LogP contribution in [0.25, 0.3) is 0 Å². The van der Waals surface area contributed by atoms with E-state index in [9.17, 15) is 24.3 Å². The summed E-state index contributed by atoms with van der Waals surface area (Å²) in [4.78, 5) is 49.8. The summed E-state index contributed by atoms with van der Waals surface area (Å²) < 4.78 is 5.69. The van der Waals surface area contributed by atoms with Crippen molar-refractivity contribution < 1.29 is 28.9 Å². The van der Waals surface area contributed by atoms with Crippen LogP contribution in [-0.2, 0) is 14.2 Å². The molecule has 2 aliphatic rings. The minimum Gasteiger partial charge on any atom is -0.427 e. The second-order valence-corrected chi connectivity index (χ2v) is 8.06. The van der Waals surface area contributed by atoms with E-state index in [0.717, 1.165) is 4.90 Å². The van der Waals surface area contributed by atoms with Gasteiger partial charge in [-0.05, 0) is 40.2 Å². The normalized spacial score (nSPS) is 20.3. The van der Waals surface area contributed by atoms with Gasteiger partial charge in [0.1, 0.15) is 6.04 Å². The highest BCUT2D eigenvalue weighted by Crippen LogP contribution is 2.27. The van der Waals surface area contributed by atoms with Crippen LogP contribution in [0.3, 0.4) is 0 Å². The lowest BCUT2D eigenvalue weighted by atomic mass is 9.81. The lowest BCUT2D eigenvalue weighted by Crippen LogP contribution is -2.54. The number of hydrogen-bond donors (Lipinski definition) is 2. The highest BCUT2D eigenvalue weighted by Gasteiger charge is 2.44. The minimum absolute atomic E-state index is 0.0721. The second kappa shape index (κ2) is 6.82. The van der Waals surface area contributed by atoms with Crippen LogP contribution in [0.2, 0.25) is 0 Å². The molecule has 3 rings (SSSR count). The summed E-state index contributed by atoms with van der Waals surface area (Å²) in [5.74, 6) is -2.19. The van der Waals surface area contributed by atoms with Crippen LogP contribution in [0.4, 0.5) is 0 Å². The maximum absolute atomic E-state index is 12.8. The first-order valence-corrected chi connectivity index (χ1v) is 9.01. The van der Waals surface area contributed by atoms with E-state index in [1.165, 1.54) is 19.6 Å². The molecule has 0 aromatic heterocycles. The van der Waals surface area contributed by atoms with Crippen molar-refractivity contribution in [1.29, 1.82) is 0 Å². The first-order valence-electron chi connectivity index (χ1n) is 9.01. The Labute approximate surface area is 163 Å². The molecule has 1 unspecified atom stereocenters. The summed E-state index contributed by atoms with van der Waals surface area (Å²) in [6, 6.07) is 3.65. The fourth-order valence-corrected chi connectivity index (χ4v) is 2.92. The Morgan fingerprint density at radius 2 is 1.75 bits per heavy atom. The van der Waals surface area contributed by atoms with Crippen LogP contribution in [0.5, 0.6) is 0 Å². The van der Waals surface area contributed by atoms with E-state index in [4.69, 9.17) is 4.65 Å². The molecular weight excluding hydrogens is 363 g/mol. The zero-order valence-corrected chi connectivity index (χ0v) is 16.2. The Hall–Kier alpha value is -2.52. The summed E-state index contributed by atoms with van der Waals surface area (Å²) in [5.41, 5.74) is -1.07. The van der Waals surface area contributed by atoms with Gasteiger partial charge >= 0.3 is 7.48 Å². The molecule has 2 N–H and O–H groups in total. The number of piperidine rings is 1. The number of nitrogens with one attached hydrogen (secondary N) is 1. The Morgan fingerprint density at radius 3 is 2.36 bits per heavy atom. The molecule has 9 heteroatoms. The highest BCUT2D eigenvalue weighted by atomic mass is 16.5. The van der Waals surface area contributed by atoms with Gasteiger partial charge in [0.15, 0.2) is 0 Å². The number of aliphatic hydroxyl groups is 1. The van der Waals surface area contributed by atoms with E-state index in [1.54, 1.807) is 33.8 Å². The van der Waals surface area contributed by atoms with Crippen LogP contribution in [0.15, 0.2) is 18.2 Å². The molecule has 2 aliphatic heterocycles. The third-order valence-electron chi connectivity index (χ3n) is 5.43.